The summed E-state index contributed by atoms with van der Waals surface area (Å²) in [6, 6.07) is 19.5. The van der Waals surface area contributed by atoms with Gasteiger partial charge in [0.1, 0.15) is 5.75 Å². The van der Waals surface area contributed by atoms with Gasteiger partial charge >= 0.3 is 5.69 Å². The number of fused-ring (bicyclic) bond motifs is 1. The predicted molar refractivity (Wildman–Crippen MR) is 114 cm³/mol. The minimum absolute atomic E-state index is 0.374. The van der Waals surface area contributed by atoms with Crippen molar-refractivity contribution in [1.82, 2.24) is 19.8 Å². The Labute approximate surface area is 172 Å². The Morgan fingerprint density at radius 2 is 1.83 bits per heavy atom. The molecule has 0 N–H and O–H groups in total. The minimum Gasteiger partial charge on any atom is -0.496 e. The molecule has 1 atom stereocenters. The third-order valence-electron chi connectivity index (χ3n) is 4.82. The van der Waals surface area contributed by atoms with Crippen molar-refractivity contribution in [3.63, 3.8) is 0 Å². The maximum Gasteiger partial charge on any atom is 0.368 e. The lowest BCUT2D eigenvalue weighted by Crippen LogP contribution is -2.24. The third-order valence-corrected chi connectivity index (χ3v) is 4.82. The van der Waals surface area contributed by atoms with Crippen LogP contribution in [0.2, 0.25) is 0 Å². The molecule has 0 saturated carbocycles. The standard InChI is InChI=1S/C22H21N5O3/c1-4-23-30-21(17-13-12-15-8-5-6-9-16(15)14-17)20-18(10-7-11-19(20)29-3)27-22(28)26(2)24-25-27/h4-14,21H,1-3H3/b23-4+. The SMILES string of the molecule is C/C=N/OC(c1ccc2ccccc2c1)c1c(OC)cccc1-n1nnn(C)c1=O. The Bertz CT molecular complexity index is 1280. The first kappa shape index (κ1) is 19.4. The van der Waals surface area contributed by atoms with Crippen molar-refractivity contribution in [2.75, 3.05) is 7.11 Å². The number of ether oxygens (including phenoxy) is 1. The van der Waals surface area contributed by atoms with Crippen LogP contribution in [0.3, 0.4) is 0 Å². The Morgan fingerprint density at radius 3 is 2.53 bits per heavy atom. The maximum atomic E-state index is 12.6. The molecule has 0 aliphatic rings. The molecule has 1 unspecified atom stereocenters. The fraction of sp³-hybridized carbons (Fsp3) is 0.182. The fourth-order valence-electron chi connectivity index (χ4n) is 3.40. The van der Waals surface area contributed by atoms with Crippen molar-refractivity contribution in [3.8, 4) is 11.4 Å². The molecule has 8 nitrogen and oxygen atoms in total. The zero-order valence-corrected chi connectivity index (χ0v) is 16.9. The van der Waals surface area contributed by atoms with Crippen molar-refractivity contribution in [2.45, 2.75) is 13.0 Å². The van der Waals surface area contributed by atoms with Gasteiger partial charge in [0.25, 0.3) is 0 Å². The van der Waals surface area contributed by atoms with E-state index in [2.05, 4.69) is 15.6 Å². The highest BCUT2D eigenvalue weighted by Crippen LogP contribution is 2.38. The van der Waals surface area contributed by atoms with E-state index in [-0.39, 0.29) is 5.69 Å². The average Bonchev–Trinajstić information content (AvgIpc) is 3.12. The van der Waals surface area contributed by atoms with Crippen LogP contribution < -0.4 is 10.4 Å². The van der Waals surface area contributed by atoms with Crippen LogP contribution in [0, 0.1) is 0 Å². The topological polar surface area (TPSA) is 83.5 Å². The number of benzene rings is 3. The molecule has 152 valence electrons. The van der Waals surface area contributed by atoms with E-state index in [1.165, 1.54) is 9.36 Å². The average molecular weight is 403 g/mol. The maximum absolute atomic E-state index is 12.6. The van der Waals surface area contributed by atoms with Gasteiger partial charge < -0.3 is 9.57 Å². The van der Waals surface area contributed by atoms with Crippen LogP contribution >= 0.6 is 0 Å². The lowest BCUT2D eigenvalue weighted by Gasteiger charge is -2.21. The molecule has 0 spiro atoms. The van der Waals surface area contributed by atoms with Crippen LogP contribution in [0.1, 0.15) is 24.2 Å². The van der Waals surface area contributed by atoms with Crippen LogP contribution in [0.5, 0.6) is 5.75 Å². The molecule has 1 aromatic heterocycles. The van der Waals surface area contributed by atoms with E-state index in [9.17, 15) is 4.79 Å². The van der Waals surface area contributed by atoms with Gasteiger partial charge in [-0.25, -0.2) is 4.79 Å². The fourth-order valence-corrected chi connectivity index (χ4v) is 3.40. The third kappa shape index (κ3) is 3.43. The lowest BCUT2D eigenvalue weighted by molar-refractivity contribution is 0.0865. The van der Waals surface area contributed by atoms with E-state index >= 15 is 0 Å². The Hall–Kier alpha value is -3.94. The number of aryl methyl sites for hydroxylation is 1. The van der Waals surface area contributed by atoms with Gasteiger partial charge in [-0.2, -0.15) is 9.36 Å². The predicted octanol–water partition coefficient (Wildman–Crippen LogP) is 3.24. The van der Waals surface area contributed by atoms with Crippen molar-refractivity contribution in [1.29, 1.82) is 0 Å². The summed E-state index contributed by atoms with van der Waals surface area (Å²) in [6.07, 6.45) is 0.934. The van der Waals surface area contributed by atoms with E-state index in [4.69, 9.17) is 9.57 Å². The van der Waals surface area contributed by atoms with E-state index in [0.717, 1.165) is 16.3 Å². The molecule has 3 aromatic carbocycles. The second-order valence-corrected chi connectivity index (χ2v) is 6.65. The van der Waals surface area contributed by atoms with Gasteiger partial charge in [-0.15, -0.1) is 0 Å². The smallest absolute Gasteiger partial charge is 0.368 e. The summed E-state index contributed by atoms with van der Waals surface area (Å²) in [7, 11) is 3.12. The van der Waals surface area contributed by atoms with E-state index < -0.39 is 6.10 Å². The lowest BCUT2D eigenvalue weighted by atomic mass is 9.96. The molecule has 0 aliphatic carbocycles. The molecule has 30 heavy (non-hydrogen) atoms. The van der Waals surface area contributed by atoms with E-state index in [0.29, 0.717) is 17.0 Å². The summed E-state index contributed by atoms with van der Waals surface area (Å²) in [4.78, 5) is 18.4. The Morgan fingerprint density at radius 1 is 1.03 bits per heavy atom. The number of oxime groups is 1. The first-order chi connectivity index (χ1) is 14.6. The van der Waals surface area contributed by atoms with Gasteiger partial charge in [0.05, 0.1) is 18.4 Å². The second-order valence-electron chi connectivity index (χ2n) is 6.65. The first-order valence-corrected chi connectivity index (χ1v) is 9.43. The van der Waals surface area contributed by atoms with Crippen molar-refractivity contribution in [2.24, 2.45) is 12.2 Å². The summed E-state index contributed by atoms with van der Waals surface area (Å²) < 4.78 is 8.01. The quantitative estimate of drug-likeness (QED) is 0.365. The van der Waals surface area contributed by atoms with E-state index in [1.54, 1.807) is 39.4 Å². The summed E-state index contributed by atoms with van der Waals surface area (Å²) in [6.45, 7) is 1.77. The molecule has 4 aromatic rings. The molecule has 0 bridgehead atoms. The van der Waals surface area contributed by atoms with Crippen molar-refractivity contribution in [3.05, 3.63) is 82.3 Å². The number of rotatable bonds is 6. The van der Waals surface area contributed by atoms with Crippen molar-refractivity contribution < 1.29 is 9.57 Å². The molecule has 1 heterocycles. The summed E-state index contributed by atoms with van der Waals surface area (Å²) >= 11 is 0. The molecular formula is C22H21N5O3. The zero-order valence-electron chi connectivity index (χ0n) is 16.9. The van der Waals surface area contributed by atoms with Crippen LogP contribution in [0.15, 0.2) is 70.6 Å². The van der Waals surface area contributed by atoms with Gasteiger partial charge in [0, 0.05) is 18.8 Å². The zero-order chi connectivity index (χ0) is 21.1. The van der Waals surface area contributed by atoms with Crippen LogP contribution in [-0.4, -0.2) is 33.1 Å². The summed E-state index contributed by atoms with van der Waals surface area (Å²) in [5.41, 5.74) is 1.63. The molecule has 8 heteroatoms. The highest BCUT2D eigenvalue weighted by molar-refractivity contribution is 5.83. The number of tetrazole rings is 1. The Balaban J connectivity index is 1.96. The largest absolute Gasteiger partial charge is 0.496 e. The summed E-state index contributed by atoms with van der Waals surface area (Å²) in [5.74, 6) is 0.550. The molecular weight excluding hydrogens is 382 g/mol. The molecule has 0 radical (unpaired) electrons. The summed E-state index contributed by atoms with van der Waals surface area (Å²) in [5, 5.41) is 14.0. The molecule has 0 fully saturated rings. The number of hydrogen-bond donors (Lipinski definition) is 0. The number of nitrogens with zero attached hydrogens (tertiary/aromatic N) is 5. The number of aromatic nitrogens is 4. The van der Waals surface area contributed by atoms with Crippen LogP contribution in [-0.2, 0) is 11.9 Å². The van der Waals surface area contributed by atoms with Crippen LogP contribution in [0.4, 0.5) is 0 Å². The number of hydrogen-bond acceptors (Lipinski definition) is 6. The Kier molecular flexibility index (Phi) is 5.30. The van der Waals surface area contributed by atoms with Gasteiger partial charge in [-0.1, -0.05) is 47.6 Å². The monoisotopic (exact) mass is 403 g/mol. The first-order valence-electron chi connectivity index (χ1n) is 9.43. The van der Waals surface area contributed by atoms with Gasteiger partial charge in [-0.3, -0.25) is 0 Å². The molecule has 4 rings (SSSR count). The minimum atomic E-state index is -0.633. The molecule has 0 amide bonds. The highest BCUT2D eigenvalue weighted by Gasteiger charge is 2.26. The highest BCUT2D eigenvalue weighted by atomic mass is 16.6. The van der Waals surface area contributed by atoms with Gasteiger partial charge in [0.15, 0.2) is 6.10 Å². The molecule has 0 aliphatic heterocycles. The van der Waals surface area contributed by atoms with Crippen molar-refractivity contribution >= 4 is 17.0 Å². The normalized spacial score (nSPS) is 12.4. The van der Waals surface area contributed by atoms with E-state index in [1.807, 2.05) is 48.5 Å². The van der Waals surface area contributed by atoms with Gasteiger partial charge in [0.2, 0.25) is 0 Å². The molecule has 0 saturated heterocycles. The number of methoxy groups -OCH3 is 1. The second kappa shape index (κ2) is 8.20. The van der Waals surface area contributed by atoms with Crippen LogP contribution in [0.25, 0.3) is 16.5 Å². The van der Waals surface area contributed by atoms with Gasteiger partial charge in [-0.05, 0) is 46.3 Å².